The number of amides is 1. The molecule has 1 amide bonds. The van der Waals surface area contributed by atoms with Crippen LogP contribution < -0.4 is 11.1 Å². The molecule has 2 unspecified atom stereocenters. The van der Waals surface area contributed by atoms with Crippen molar-refractivity contribution in [1.29, 1.82) is 0 Å². The Kier molecular flexibility index (Phi) is 4.65. The molecule has 0 radical (unpaired) electrons. The Morgan fingerprint density at radius 3 is 3.00 bits per heavy atom. The Balaban J connectivity index is 2.01. The number of piperidine rings is 1. The summed E-state index contributed by atoms with van der Waals surface area (Å²) in [7, 11) is 2.11. The van der Waals surface area contributed by atoms with Gasteiger partial charge in [-0.05, 0) is 32.4 Å². The SMILES string of the molecule is CCCc1[nH]nc(C(=O)NC2CCN(C)CC2C)c1N. The summed E-state index contributed by atoms with van der Waals surface area (Å²) < 4.78 is 0. The lowest BCUT2D eigenvalue weighted by molar-refractivity contribution is 0.0879. The molecule has 1 aromatic rings. The fourth-order valence-electron chi connectivity index (χ4n) is 2.81. The van der Waals surface area contributed by atoms with Gasteiger partial charge >= 0.3 is 0 Å². The van der Waals surface area contributed by atoms with Gasteiger partial charge < -0.3 is 16.0 Å². The highest BCUT2D eigenvalue weighted by atomic mass is 16.2. The molecule has 0 aromatic carbocycles. The molecule has 1 aromatic heterocycles. The Morgan fingerprint density at radius 1 is 1.60 bits per heavy atom. The van der Waals surface area contributed by atoms with Crippen molar-refractivity contribution < 1.29 is 4.79 Å². The van der Waals surface area contributed by atoms with Gasteiger partial charge in [0.15, 0.2) is 5.69 Å². The third-order valence-corrected chi connectivity index (χ3v) is 4.02. The Hall–Kier alpha value is -1.56. The van der Waals surface area contributed by atoms with E-state index in [1.54, 1.807) is 0 Å². The van der Waals surface area contributed by atoms with Gasteiger partial charge in [-0.1, -0.05) is 20.3 Å². The maximum Gasteiger partial charge on any atom is 0.274 e. The lowest BCUT2D eigenvalue weighted by Gasteiger charge is -2.35. The van der Waals surface area contributed by atoms with Gasteiger partial charge in [-0.3, -0.25) is 9.89 Å². The first-order valence-corrected chi connectivity index (χ1v) is 7.35. The van der Waals surface area contributed by atoms with Gasteiger partial charge in [0.1, 0.15) is 0 Å². The van der Waals surface area contributed by atoms with Crippen molar-refractivity contribution in [3.8, 4) is 0 Å². The summed E-state index contributed by atoms with van der Waals surface area (Å²) in [6.45, 7) is 6.24. The molecular formula is C14H25N5O. The molecule has 2 atom stereocenters. The number of H-pyrrole nitrogens is 1. The van der Waals surface area contributed by atoms with Crippen LogP contribution in [0.4, 0.5) is 5.69 Å². The summed E-state index contributed by atoms with van der Waals surface area (Å²) in [5.74, 6) is 0.274. The fraction of sp³-hybridized carbons (Fsp3) is 0.714. The summed E-state index contributed by atoms with van der Waals surface area (Å²) in [5, 5.41) is 10.0. The van der Waals surface area contributed by atoms with Crippen LogP contribution in [0.3, 0.4) is 0 Å². The number of nitrogens with one attached hydrogen (secondary N) is 2. The summed E-state index contributed by atoms with van der Waals surface area (Å²) in [4.78, 5) is 14.6. The molecule has 1 aliphatic heterocycles. The first kappa shape index (κ1) is 14.8. The van der Waals surface area contributed by atoms with Gasteiger partial charge in [0.2, 0.25) is 0 Å². The van der Waals surface area contributed by atoms with Crippen molar-refractivity contribution in [3.63, 3.8) is 0 Å². The molecule has 2 rings (SSSR count). The van der Waals surface area contributed by atoms with Gasteiger partial charge in [0.25, 0.3) is 5.91 Å². The standard InChI is InChI=1S/C14H25N5O/c1-4-5-11-12(15)13(18-17-11)14(20)16-10-6-7-19(3)8-9(10)2/h9-10H,4-8,15H2,1-3H3,(H,16,20)(H,17,18). The Labute approximate surface area is 120 Å². The highest BCUT2D eigenvalue weighted by Crippen LogP contribution is 2.19. The number of likely N-dealkylation sites (tertiary alicyclic amines) is 1. The third kappa shape index (κ3) is 3.12. The molecular weight excluding hydrogens is 254 g/mol. The summed E-state index contributed by atoms with van der Waals surface area (Å²) in [5.41, 5.74) is 7.67. The van der Waals surface area contributed by atoms with Gasteiger partial charge in [0, 0.05) is 12.6 Å². The number of nitrogen functional groups attached to an aromatic ring is 1. The minimum absolute atomic E-state index is 0.164. The third-order valence-electron chi connectivity index (χ3n) is 4.02. The second-order valence-corrected chi connectivity index (χ2v) is 5.82. The van der Waals surface area contributed by atoms with Crippen molar-refractivity contribution in [2.24, 2.45) is 5.92 Å². The predicted molar refractivity (Wildman–Crippen MR) is 79.5 cm³/mol. The molecule has 6 nitrogen and oxygen atoms in total. The van der Waals surface area contributed by atoms with Crippen LogP contribution in [0.2, 0.25) is 0 Å². The van der Waals surface area contributed by atoms with Crippen LogP contribution in [0.1, 0.15) is 42.9 Å². The monoisotopic (exact) mass is 279 g/mol. The lowest BCUT2D eigenvalue weighted by Crippen LogP contribution is -2.49. The number of carbonyl (C=O) groups excluding carboxylic acids is 1. The second-order valence-electron chi connectivity index (χ2n) is 5.82. The maximum absolute atomic E-state index is 12.3. The minimum Gasteiger partial charge on any atom is -0.395 e. The van der Waals surface area contributed by atoms with E-state index >= 15 is 0 Å². The number of anilines is 1. The van der Waals surface area contributed by atoms with Crippen molar-refractivity contribution >= 4 is 11.6 Å². The van der Waals surface area contributed by atoms with E-state index in [2.05, 4.69) is 41.3 Å². The number of nitrogens with zero attached hydrogens (tertiary/aromatic N) is 2. The molecule has 20 heavy (non-hydrogen) atoms. The fourth-order valence-corrected chi connectivity index (χ4v) is 2.81. The van der Waals surface area contributed by atoms with Crippen molar-refractivity contribution in [2.45, 2.75) is 39.2 Å². The zero-order valence-electron chi connectivity index (χ0n) is 12.6. The number of rotatable bonds is 4. The Bertz CT molecular complexity index is 470. The average molecular weight is 279 g/mol. The van der Waals surface area contributed by atoms with Gasteiger partial charge in [-0.15, -0.1) is 0 Å². The normalized spacial score (nSPS) is 23.8. The Morgan fingerprint density at radius 2 is 2.35 bits per heavy atom. The minimum atomic E-state index is -0.164. The van der Waals surface area contributed by atoms with Crippen LogP contribution in [0.25, 0.3) is 0 Å². The molecule has 1 fully saturated rings. The van der Waals surface area contributed by atoms with Crippen LogP contribution in [0, 0.1) is 5.92 Å². The van der Waals surface area contributed by atoms with Gasteiger partial charge in [-0.25, -0.2) is 0 Å². The topological polar surface area (TPSA) is 87.0 Å². The molecule has 2 heterocycles. The second kappa shape index (κ2) is 6.26. The summed E-state index contributed by atoms with van der Waals surface area (Å²) >= 11 is 0. The quantitative estimate of drug-likeness (QED) is 0.768. The molecule has 1 saturated heterocycles. The van der Waals surface area contributed by atoms with Gasteiger partial charge in [0.05, 0.1) is 11.4 Å². The van der Waals surface area contributed by atoms with Crippen LogP contribution in [0.15, 0.2) is 0 Å². The molecule has 0 spiro atoms. The van der Waals surface area contributed by atoms with Crippen LogP contribution in [-0.4, -0.2) is 47.2 Å². The molecule has 1 aliphatic rings. The first-order valence-electron chi connectivity index (χ1n) is 7.35. The summed E-state index contributed by atoms with van der Waals surface area (Å²) in [6.07, 6.45) is 2.76. The van der Waals surface area contributed by atoms with Crippen LogP contribution >= 0.6 is 0 Å². The number of carbonyl (C=O) groups is 1. The van der Waals surface area contributed by atoms with E-state index in [0.717, 1.165) is 38.0 Å². The number of hydrogen-bond donors (Lipinski definition) is 3. The largest absolute Gasteiger partial charge is 0.395 e. The van der Waals surface area contributed by atoms with E-state index in [1.165, 1.54) is 0 Å². The highest BCUT2D eigenvalue weighted by Gasteiger charge is 2.27. The zero-order chi connectivity index (χ0) is 14.7. The van der Waals surface area contributed by atoms with E-state index in [4.69, 9.17) is 5.73 Å². The van der Waals surface area contributed by atoms with Crippen LogP contribution in [0.5, 0.6) is 0 Å². The predicted octanol–water partition coefficient (Wildman–Crippen LogP) is 1.01. The maximum atomic E-state index is 12.3. The molecule has 0 aliphatic carbocycles. The number of nitrogens with two attached hydrogens (primary N) is 1. The number of aromatic nitrogens is 2. The average Bonchev–Trinajstić information content (AvgIpc) is 2.75. The van der Waals surface area contributed by atoms with E-state index in [-0.39, 0.29) is 11.9 Å². The van der Waals surface area contributed by atoms with E-state index in [9.17, 15) is 4.79 Å². The summed E-state index contributed by atoms with van der Waals surface area (Å²) in [6, 6.07) is 0.199. The first-order chi connectivity index (χ1) is 9.52. The number of hydrogen-bond acceptors (Lipinski definition) is 4. The number of aryl methyl sites for hydroxylation is 1. The number of aromatic amines is 1. The van der Waals surface area contributed by atoms with Crippen LogP contribution in [-0.2, 0) is 6.42 Å². The van der Waals surface area contributed by atoms with E-state index in [1.807, 2.05) is 0 Å². The van der Waals surface area contributed by atoms with Crippen molar-refractivity contribution in [2.75, 3.05) is 25.9 Å². The molecule has 112 valence electrons. The zero-order valence-corrected chi connectivity index (χ0v) is 12.6. The molecule has 4 N–H and O–H groups in total. The smallest absolute Gasteiger partial charge is 0.274 e. The van der Waals surface area contributed by atoms with Crippen molar-refractivity contribution in [1.82, 2.24) is 20.4 Å². The van der Waals surface area contributed by atoms with E-state index in [0.29, 0.717) is 17.3 Å². The molecule has 0 bridgehead atoms. The lowest BCUT2D eigenvalue weighted by atomic mass is 9.94. The molecule has 6 heteroatoms. The highest BCUT2D eigenvalue weighted by molar-refractivity contribution is 5.97. The van der Waals surface area contributed by atoms with Gasteiger partial charge in [-0.2, -0.15) is 5.10 Å². The van der Waals surface area contributed by atoms with E-state index < -0.39 is 0 Å². The molecule has 0 saturated carbocycles. The van der Waals surface area contributed by atoms with Crippen molar-refractivity contribution in [3.05, 3.63) is 11.4 Å².